The van der Waals surface area contributed by atoms with Gasteiger partial charge in [-0.15, -0.1) is 0 Å². The molecule has 178 valence electrons. The molecule has 0 saturated carbocycles. The number of carbonyl (C=O) groups is 1. The summed E-state index contributed by atoms with van der Waals surface area (Å²) in [5.41, 5.74) is 3.85. The van der Waals surface area contributed by atoms with Gasteiger partial charge in [0.25, 0.3) is 0 Å². The van der Waals surface area contributed by atoms with E-state index in [0.29, 0.717) is 13.1 Å². The molecular formula is C27H38N4O2. The summed E-state index contributed by atoms with van der Waals surface area (Å²) in [5.74, 6) is 0.856. The number of hydrazine groups is 1. The summed E-state index contributed by atoms with van der Waals surface area (Å²) in [6.07, 6.45) is 0.822. The van der Waals surface area contributed by atoms with Crippen LogP contribution >= 0.6 is 0 Å². The molecule has 0 bridgehead atoms. The van der Waals surface area contributed by atoms with E-state index < -0.39 is 0 Å². The van der Waals surface area contributed by atoms with Gasteiger partial charge in [0.15, 0.2) is 0 Å². The van der Waals surface area contributed by atoms with Gasteiger partial charge in [-0.1, -0.05) is 57.2 Å². The van der Waals surface area contributed by atoms with Crippen molar-refractivity contribution in [1.29, 1.82) is 0 Å². The number of carbonyl (C=O) groups excluding carboxylic acids is 1. The maximum absolute atomic E-state index is 13.6. The van der Waals surface area contributed by atoms with Gasteiger partial charge < -0.3 is 14.5 Å². The Morgan fingerprint density at radius 3 is 2.15 bits per heavy atom. The lowest BCUT2D eigenvalue weighted by molar-refractivity contribution is -0.00802. The zero-order valence-electron chi connectivity index (χ0n) is 20.8. The molecule has 0 radical (unpaired) electrons. The molecule has 0 aliphatic carbocycles. The van der Waals surface area contributed by atoms with Gasteiger partial charge in [0.05, 0.1) is 19.7 Å². The highest BCUT2D eigenvalue weighted by atomic mass is 16.5. The van der Waals surface area contributed by atoms with Crippen LogP contribution in [0.1, 0.15) is 43.5 Å². The van der Waals surface area contributed by atoms with Crippen molar-refractivity contribution in [3.05, 3.63) is 65.2 Å². The summed E-state index contributed by atoms with van der Waals surface area (Å²) in [5, 5.41) is 4.23. The number of piperazine rings is 1. The average Bonchev–Trinajstić information content (AvgIpc) is 3.14. The van der Waals surface area contributed by atoms with Crippen molar-refractivity contribution in [3.63, 3.8) is 0 Å². The number of likely N-dealkylation sites (N-methyl/N-ethyl adjacent to an activating group) is 1. The van der Waals surface area contributed by atoms with Crippen LogP contribution in [0.5, 0.6) is 5.75 Å². The third-order valence-electron chi connectivity index (χ3n) is 6.97. The Balaban J connectivity index is 1.54. The molecule has 1 atom stereocenters. The number of amides is 2. The van der Waals surface area contributed by atoms with E-state index in [9.17, 15) is 4.79 Å². The minimum Gasteiger partial charge on any atom is -0.497 e. The Morgan fingerprint density at radius 2 is 1.58 bits per heavy atom. The Kier molecular flexibility index (Phi) is 6.96. The lowest BCUT2D eigenvalue weighted by atomic mass is 9.86. The Labute approximate surface area is 198 Å². The minimum absolute atomic E-state index is 0.0597. The molecule has 0 spiro atoms. The number of nitrogens with zero attached hydrogens (tertiary/aromatic N) is 4. The average molecular weight is 451 g/mol. The molecule has 2 aliphatic heterocycles. The quantitative estimate of drug-likeness (QED) is 0.662. The zero-order chi connectivity index (χ0) is 23.6. The fourth-order valence-electron chi connectivity index (χ4n) is 4.68. The first-order valence-electron chi connectivity index (χ1n) is 12.0. The Bertz CT molecular complexity index is 928. The van der Waals surface area contributed by atoms with Crippen molar-refractivity contribution in [2.24, 2.45) is 0 Å². The van der Waals surface area contributed by atoms with Gasteiger partial charge in [0.1, 0.15) is 5.75 Å². The van der Waals surface area contributed by atoms with Crippen molar-refractivity contribution >= 4 is 6.03 Å². The second kappa shape index (κ2) is 9.74. The van der Waals surface area contributed by atoms with Gasteiger partial charge >= 0.3 is 6.03 Å². The number of rotatable bonds is 6. The fraction of sp³-hybridized carbons (Fsp3) is 0.519. The second-order valence-electron chi connectivity index (χ2n) is 10.3. The standard InChI is InChI=1S/C27H38N4O2/c1-27(2,3)23-10-8-22(9-11-23)25-20-31(29-18-16-28(4)17-19-29)26(32)30(25)15-14-21-6-12-24(33-5)13-7-21/h6-13,25H,14-20H2,1-5H3. The first kappa shape index (κ1) is 23.6. The summed E-state index contributed by atoms with van der Waals surface area (Å²) < 4.78 is 5.28. The van der Waals surface area contributed by atoms with Crippen molar-refractivity contribution in [1.82, 2.24) is 19.8 Å². The van der Waals surface area contributed by atoms with E-state index in [4.69, 9.17) is 4.74 Å². The van der Waals surface area contributed by atoms with E-state index in [-0.39, 0.29) is 17.5 Å². The number of benzene rings is 2. The highest BCUT2D eigenvalue weighted by Crippen LogP contribution is 2.33. The maximum atomic E-state index is 13.6. The molecule has 0 N–H and O–H groups in total. The van der Waals surface area contributed by atoms with E-state index in [1.165, 1.54) is 16.7 Å². The third kappa shape index (κ3) is 5.33. The summed E-state index contributed by atoms with van der Waals surface area (Å²) >= 11 is 0. The van der Waals surface area contributed by atoms with Crippen LogP contribution in [0.25, 0.3) is 0 Å². The van der Waals surface area contributed by atoms with Gasteiger partial charge in [-0.3, -0.25) is 5.01 Å². The van der Waals surface area contributed by atoms with Crippen LogP contribution in [0.3, 0.4) is 0 Å². The Morgan fingerprint density at radius 1 is 0.939 bits per heavy atom. The van der Waals surface area contributed by atoms with Crippen LogP contribution in [-0.4, -0.2) is 79.3 Å². The topological polar surface area (TPSA) is 39.3 Å². The molecule has 6 heteroatoms. The highest BCUT2D eigenvalue weighted by Gasteiger charge is 2.41. The summed E-state index contributed by atoms with van der Waals surface area (Å²) in [6.45, 7) is 11.9. The van der Waals surface area contributed by atoms with Crippen molar-refractivity contribution in [2.75, 3.05) is 53.4 Å². The zero-order valence-corrected chi connectivity index (χ0v) is 20.8. The summed E-state index contributed by atoms with van der Waals surface area (Å²) in [7, 11) is 3.82. The van der Waals surface area contributed by atoms with E-state index in [0.717, 1.165) is 38.3 Å². The van der Waals surface area contributed by atoms with Crippen LogP contribution in [-0.2, 0) is 11.8 Å². The van der Waals surface area contributed by atoms with Gasteiger partial charge in [-0.25, -0.2) is 9.80 Å². The van der Waals surface area contributed by atoms with Crippen LogP contribution in [0.4, 0.5) is 4.79 Å². The maximum Gasteiger partial charge on any atom is 0.335 e. The fourth-order valence-corrected chi connectivity index (χ4v) is 4.68. The smallest absolute Gasteiger partial charge is 0.335 e. The summed E-state index contributed by atoms with van der Waals surface area (Å²) in [4.78, 5) is 18.0. The normalized spacial score (nSPS) is 20.5. The molecule has 0 aromatic heterocycles. The van der Waals surface area contributed by atoms with Gasteiger partial charge in [0, 0.05) is 32.7 Å². The number of hydrogen-bond donors (Lipinski definition) is 0. The van der Waals surface area contributed by atoms with E-state index in [1.54, 1.807) is 7.11 Å². The van der Waals surface area contributed by atoms with Crippen molar-refractivity contribution in [3.8, 4) is 5.75 Å². The van der Waals surface area contributed by atoms with Crippen molar-refractivity contribution < 1.29 is 9.53 Å². The van der Waals surface area contributed by atoms with Crippen LogP contribution in [0, 0.1) is 0 Å². The molecule has 2 aromatic rings. The van der Waals surface area contributed by atoms with Gasteiger partial charge in [0.2, 0.25) is 0 Å². The second-order valence-corrected chi connectivity index (χ2v) is 10.3. The molecule has 2 heterocycles. The van der Waals surface area contributed by atoms with Crippen molar-refractivity contribution in [2.45, 2.75) is 38.6 Å². The summed E-state index contributed by atoms with van der Waals surface area (Å²) in [6, 6.07) is 17.2. The molecule has 2 fully saturated rings. The lowest BCUT2D eigenvalue weighted by Gasteiger charge is -2.37. The van der Waals surface area contributed by atoms with Crippen LogP contribution in [0.15, 0.2) is 48.5 Å². The predicted molar refractivity (Wildman–Crippen MR) is 132 cm³/mol. The van der Waals surface area contributed by atoms with Gasteiger partial charge in [-0.05, 0) is 47.7 Å². The molecule has 1 unspecified atom stereocenters. The largest absolute Gasteiger partial charge is 0.497 e. The van der Waals surface area contributed by atoms with E-state index in [2.05, 4.69) is 79.0 Å². The molecule has 6 nitrogen and oxygen atoms in total. The van der Waals surface area contributed by atoms with E-state index >= 15 is 0 Å². The Hall–Kier alpha value is -2.57. The van der Waals surface area contributed by atoms with Crippen LogP contribution < -0.4 is 4.74 Å². The number of methoxy groups -OCH3 is 1. The molecule has 2 aliphatic rings. The molecule has 33 heavy (non-hydrogen) atoms. The minimum atomic E-state index is 0.0597. The molecule has 2 amide bonds. The molecule has 4 rings (SSSR count). The van der Waals surface area contributed by atoms with Crippen LogP contribution in [0.2, 0.25) is 0 Å². The molecular weight excluding hydrogens is 412 g/mol. The molecule has 2 aromatic carbocycles. The SMILES string of the molecule is COc1ccc(CCN2C(=O)N(N3CCN(C)CC3)CC2c2ccc(C(C)(C)C)cc2)cc1. The highest BCUT2D eigenvalue weighted by molar-refractivity contribution is 5.77. The number of hydrogen-bond acceptors (Lipinski definition) is 4. The first-order chi connectivity index (χ1) is 15.8. The first-order valence-corrected chi connectivity index (χ1v) is 12.0. The lowest BCUT2D eigenvalue weighted by Crippen LogP contribution is -2.54. The number of ether oxygens (including phenoxy) is 1. The number of urea groups is 1. The van der Waals surface area contributed by atoms with Gasteiger partial charge in [-0.2, -0.15) is 0 Å². The van der Waals surface area contributed by atoms with E-state index in [1.807, 2.05) is 17.1 Å². The monoisotopic (exact) mass is 450 g/mol. The molecule has 2 saturated heterocycles. The third-order valence-corrected chi connectivity index (χ3v) is 6.97. The predicted octanol–water partition coefficient (Wildman–Crippen LogP) is 4.18.